The summed E-state index contributed by atoms with van der Waals surface area (Å²) in [6.07, 6.45) is 2.48. The van der Waals surface area contributed by atoms with Crippen molar-refractivity contribution in [2.24, 2.45) is 11.8 Å². The van der Waals surface area contributed by atoms with Gasteiger partial charge in [0.2, 0.25) is 11.8 Å². The van der Waals surface area contributed by atoms with E-state index in [1.54, 1.807) is 6.08 Å². The molecule has 0 aromatic heterocycles. The number of hydrogen-bond donors (Lipinski definition) is 4. The van der Waals surface area contributed by atoms with Crippen LogP contribution < -0.4 is 10.6 Å². The van der Waals surface area contributed by atoms with Crippen molar-refractivity contribution < 1.29 is 19.8 Å². The summed E-state index contributed by atoms with van der Waals surface area (Å²) in [4.78, 5) is 24.9. The van der Waals surface area contributed by atoms with Crippen LogP contribution >= 0.6 is 0 Å². The van der Waals surface area contributed by atoms with Gasteiger partial charge in [-0.15, -0.1) is 6.58 Å². The van der Waals surface area contributed by atoms with Crippen LogP contribution in [0.3, 0.4) is 0 Å². The van der Waals surface area contributed by atoms with Crippen LogP contribution in [0.2, 0.25) is 0 Å². The molecule has 4 N–H and O–H groups in total. The first-order valence-corrected chi connectivity index (χ1v) is 9.37. The van der Waals surface area contributed by atoms with E-state index in [1.165, 1.54) is 0 Å². The second kappa shape index (κ2) is 12.3. The van der Waals surface area contributed by atoms with Gasteiger partial charge in [0.25, 0.3) is 0 Å². The molecule has 0 aliphatic carbocycles. The van der Waals surface area contributed by atoms with E-state index < -0.39 is 12.0 Å². The number of carbonyl (C=O) groups is 2. The Hall–Kier alpha value is -2.18. The van der Waals surface area contributed by atoms with Gasteiger partial charge in [-0.3, -0.25) is 9.59 Å². The summed E-state index contributed by atoms with van der Waals surface area (Å²) < 4.78 is 0. The number of aliphatic hydroxyl groups is 2. The van der Waals surface area contributed by atoms with Crippen LogP contribution in [0, 0.1) is 11.8 Å². The summed E-state index contributed by atoms with van der Waals surface area (Å²) in [6.45, 7) is 7.14. The van der Waals surface area contributed by atoms with Gasteiger partial charge in [-0.25, -0.2) is 0 Å². The molecule has 0 aliphatic heterocycles. The summed E-state index contributed by atoms with van der Waals surface area (Å²) in [5.74, 6) is -1.05. The number of amides is 2. The minimum atomic E-state index is -0.564. The maximum absolute atomic E-state index is 12.5. The maximum atomic E-state index is 12.5. The lowest BCUT2D eigenvalue weighted by Gasteiger charge is -2.24. The Bertz CT molecular complexity index is 589. The molecule has 0 aliphatic rings. The third-order valence-corrected chi connectivity index (χ3v) is 4.49. The highest BCUT2D eigenvalue weighted by atomic mass is 16.3. The zero-order valence-electron chi connectivity index (χ0n) is 16.2. The molecule has 27 heavy (non-hydrogen) atoms. The molecule has 0 saturated carbocycles. The highest BCUT2D eigenvalue weighted by Crippen LogP contribution is 2.12. The quantitative estimate of drug-likeness (QED) is 0.415. The topological polar surface area (TPSA) is 98.7 Å². The van der Waals surface area contributed by atoms with Crippen molar-refractivity contribution in [3.05, 3.63) is 48.6 Å². The van der Waals surface area contributed by atoms with Crippen LogP contribution in [0.25, 0.3) is 0 Å². The van der Waals surface area contributed by atoms with E-state index >= 15 is 0 Å². The summed E-state index contributed by atoms with van der Waals surface area (Å²) in [5, 5.41) is 24.5. The molecule has 3 atom stereocenters. The fourth-order valence-electron chi connectivity index (χ4n) is 2.78. The van der Waals surface area contributed by atoms with Crippen LogP contribution in [0.1, 0.15) is 32.3 Å². The van der Waals surface area contributed by atoms with Crippen LogP contribution in [-0.2, 0) is 16.0 Å². The van der Waals surface area contributed by atoms with E-state index in [4.69, 9.17) is 0 Å². The molecule has 0 radical (unpaired) electrons. The second-order valence-electron chi connectivity index (χ2n) is 7.10. The predicted molar refractivity (Wildman–Crippen MR) is 106 cm³/mol. The third-order valence-electron chi connectivity index (χ3n) is 4.49. The summed E-state index contributed by atoms with van der Waals surface area (Å²) in [7, 11) is 0. The van der Waals surface area contributed by atoms with E-state index in [9.17, 15) is 19.8 Å². The van der Waals surface area contributed by atoms with Crippen molar-refractivity contribution in [1.29, 1.82) is 0 Å². The number of allylic oxidation sites excluding steroid dienone is 1. The van der Waals surface area contributed by atoms with Gasteiger partial charge in [0.1, 0.15) is 0 Å². The average molecular weight is 376 g/mol. The Morgan fingerprint density at radius 1 is 1.11 bits per heavy atom. The van der Waals surface area contributed by atoms with E-state index in [0.717, 1.165) is 5.56 Å². The van der Waals surface area contributed by atoms with Gasteiger partial charge in [0.05, 0.1) is 31.2 Å². The number of nitrogens with one attached hydrogen (secondary N) is 2. The number of rotatable bonds is 12. The molecule has 6 nitrogen and oxygen atoms in total. The second-order valence-corrected chi connectivity index (χ2v) is 7.10. The first kappa shape index (κ1) is 22.9. The number of benzene rings is 1. The summed E-state index contributed by atoms with van der Waals surface area (Å²) in [5.41, 5.74) is 1.01. The largest absolute Gasteiger partial charge is 0.394 e. The summed E-state index contributed by atoms with van der Waals surface area (Å²) in [6, 6.07) is 8.83. The summed E-state index contributed by atoms with van der Waals surface area (Å²) >= 11 is 0. The fraction of sp³-hybridized carbons (Fsp3) is 0.524. The molecular weight excluding hydrogens is 344 g/mol. The van der Waals surface area contributed by atoms with Crippen LogP contribution in [0.4, 0.5) is 0 Å². The Morgan fingerprint density at radius 2 is 1.78 bits per heavy atom. The first-order valence-electron chi connectivity index (χ1n) is 9.37. The van der Waals surface area contributed by atoms with Gasteiger partial charge in [-0.2, -0.15) is 0 Å². The molecule has 0 saturated heterocycles. The standard InChI is InChI=1S/C21H32N2O4/c1-4-8-17(21(27)23-19(14-25)15(2)3)12-20(26)22-18(13-24)11-16-9-6-5-7-10-16/h4-7,9-10,15,17-19,24-25H,1,8,11-14H2,2-3H3,(H,22,26)(H,23,27)/t17-,18-,19-/m1/s1. The molecule has 1 aromatic rings. The highest BCUT2D eigenvalue weighted by molar-refractivity contribution is 5.86. The SMILES string of the molecule is C=CC[C@H](CC(=O)N[C@@H](CO)Cc1ccccc1)C(=O)N[C@H](CO)C(C)C. The van der Waals surface area contributed by atoms with E-state index in [1.807, 2.05) is 44.2 Å². The molecule has 1 aromatic carbocycles. The van der Waals surface area contributed by atoms with Crippen LogP contribution in [0.5, 0.6) is 0 Å². The van der Waals surface area contributed by atoms with Crippen molar-refractivity contribution in [1.82, 2.24) is 10.6 Å². The van der Waals surface area contributed by atoms with Gasteiger partial charge < -0.3 is 20.8 Å². The van der Waals surface area contributed by atoms with Crippen molar-refractivity contribution in [2.75, 3.05) is 13.2 Å². The van der Waals surface area contributed by atoms with Gasteiger partial charge in [-0.1, -0.05) is 50.3 Å². The lowest BCUT2D eigenvalue weighted by molar-refractivity contribution is -0.131. The third kappa shape index (κ3) is 8.37. The Kier molecular flexibility index (Phi) is 10.4. The van der Waals surface area contributed by atoms with Gasteiger partial charge in [0.15, 0.2) is 0 Å². The molecule has 0 spiro atoms. The molecule has 0 unspecified atom stereocenters. The monoisotopic (exact) mass is 376 g/mol. The average Bonchev–Trinajstić information content (AvgIpc) is 2.65. The Morgan fingerprint density at radius 3 is 2.30 bits per heavy atom. The Balaban J connectivity index is 2.65. The number of carbonyl (C=O) groups excluding carboxylic acids is 2. The lowest BCUT2D eigenvalue weighted by atomic mass is 9.97. The smallest absolute Gasteiger partial charge is 0.224 e. The number of aliphatic hydroxyl groups excluding tert-OH is 2. The maximum Gasteiger partial charge on any atom is 0.224 e. The molecule has 6 heteroatoms. The van der Waals surface area contributed by atoms with Crippen LogP contribution in [0.15, 0.2) is 43.0 Å². The molecule has 0 bridgehead atoms. The molecule has 0 heterocycles. The van der Waals surface area contributed by atoms with Crippen LogP contribution in [-0.4, -0.2) is 47.3 Å². The van der Waals surface area contributed by atoms with Gasteiger partial charge in [-0.05, 0) is 24.3 Å². The highest BCUT2D eigenvalue weighted by Gasteiger charge is 2.25. The zero-order chi connectivity index (χ0) is 20.2. The van der Waals surface area contributed by atoms with Crippen molar-refractivity contribution in [2.45, 2.75) is 45.2 Å². The molecule has 2 amide bonds. The van der Waals surface area contributed by atoms with Crippen molar-refractivity contribution >= 4 is 11.8 Å². The van der Waals surface area contributed by atoms with E-state index in [0.29, 0.717) is 12.8 Å². The normalized spacial score (nSPS) is 14.3. The molecular formula is C21H32N2O4. The predicted octanol–water partition coefficient (Wildman–Crippen LogP) is 1.42. The van der Waals surface area contributed by atoms with E-state index in [-0.39, 0.29) is 43.4 Å². The van der Waals surface area contributed by atoms with E-state index in [2.05, 4.69) is 17.2 Å². The zero-order valence-corrected chi connectivity index (χ0v) is 16.2. The first-order chi connectivity index (χ1) is 12.9. The van der Waals surface area contributed by atoms with Crippen molar-refractivity contribution in [3.63, 3.8) is 0 Å². The number of hydrogen-bond acceptors (Lipinski definition) is 4. The van der Waals surface area contributed by atoms with Crippen molar-refractivity contribution in [3.8, 4) is 0 Å². The molecule has 1 rings (SSSR count). The minimum absolute atomic E-state index is 0.000608. The fourth-order valence-corrected chi connectivity index (χ4v) is 2.78. The lowest BCUT2D eigenvalue weighted by Crippen LogP contribution is -2.46. The molecule has 0 fully saturated rings. The minimum Gasteiger partial charge on any atom is -0.394 e. The molecule has 150 valence electrons. The van der Waals surface area contributed by atoms with Gasteiger partial charge >= 0.3 is 0 Å². The van der Waals surface area contributed by atoms with Gasteiger partial charge in [0, 0.05) is 6.42 Å². The Labute approximate surface area is 161 Å².